The molecule has 1 aromatic carbocycles. The summed E-state index contributed by atoms with van der Waals surface area (Å²) >= 11 is 0. The second-order valence-corrected chi connectivity index (χ2v) is 6.46. The first-order chi connectivity index (χ1) is 13.3. The predicted octanol–water partition coefficient (Wildman–Crippen LogP) is 2.85. The zero-order valence-corrected chi connectivity index (χ0v) is 15.6. The molecule has 27 heavy (non-hydrogen) atoms. The zero-order chi connectivity index (χ0) is 18.5. The second-order valence-electron chi connectivity index (χ2n) is 6.46. The fourth-order valence-electron chi connectivity index (χ4n) is 3.43. The number of aromatic amines is 1. The number of hydrogen-bond acceptors (Lipinski definition) is 6. The minimum Gasteiger partial charge on any atom is -0.493 e. The molecule has 3 heterocycles. The van der Waals surface area contributed by atoms with E-state index in [2.05, 4.69) is 37.4 Å². The molecule has 0 aliphatic carbocycles. The van der Waals surface area contributed by atoms with Gasteiger partial charge in [0.05, 0.1) is 19.8 Å². The quantitative estimate of drug-likeness (QED) is 0.669. The van der Waals surface area contributed by atoms with E-state index in [4.69, 9.17) is 9.47 Å². The second kappa shape index (κ2) is 8.26. The standard InChI is InChI=1S/C20H25N5O2/c1-2-27-17-5-3-4-16-20(17)15(13-22-16)6-7-21-18-12-19(24-14-23-18)25-8-10-26-11-9-25/h3-5,12-14,22H,2,6-11H2,1H3,(H,21,23,24). The lowest BCUT2D eigenvalue weighted by Crippen LogP contribution is -2.36. The van der Waals surface area contributed by atoms with E-state index in [9.17, 15) is 0 Å². The Morgan fingerprint density at radius 2 is 2.15 bits per heavy atom. The Kier molecular flexibility index (Phi) is 5.39. The molecule has 2 N–H and O–H groups in total. The van der Waals surface area contributed by atoms with Crippen LogP contribution in [0.15, 0.2) is 36.8 Å². The molecular formula is C20H25N5O2. The number of H-pyrrole nitrogens is 1. The van der Waals surface area contributed by atoms with E-state index in [-0.39, 0.29) is 0 Å². The number of anilines is 2. The van der Waals surface area contributed by atoms with Gasteiger partial charge in [-0.2, -0.15) is 0 Å². The first-order valence-electron chi connectivity index (χ1n) is 9.45. The molecule has 2 aromatic heterocycles. The summed E-state index contributed by atoms with van der Waals surface area (Å²) < 4.78 is 11.2. The monoisotopic (exact) mass is 367 g/mol. The van der Waals surface area contributed by atoms with Crippen LogP contribution in [0.2, 0.25) is 0 Å². The summed E-state index contributed by atoms with van der Waals surface area (Å²) in [5.74, 6) is 2.72. The topological polar surface area (TPSA) is 75.3 Å². The van der Waals surface area contributed by atoms with E-state index < -0.39 is 0 Å². The number of nitrogens with zero attached hydrogens (tertiary/aromatic N) is 3. The van der Waals surface area contributed by atoms with Crippen LogP contribution >= 0.6 is 0 Å². The maximum atomic E-state index is 5.79. The van der Waals surface area contributed by atoms with Gasteiger partial charge in [-0.15, -0.1) is 0 Å². The van der Waals surface area contributed by atoms with E-state index in [0.717, 1.165) is 67.6 Å². The molecule has 142 valence electrons. The van der Waals surface area contributed by atoms with Crippen molar-refractivity contribution in [3.63, 3.8) is 0 Å². The Balaban J connectivity index is 1.42. The van der Waals surface area contributed by atoms with Gasteiger partial charge >= 0.3 is 0 Å². The van der Waals surface area contributed by atoms with Crippen LogP contribution in [-0.2, 0) is 11.2 Å². The van der Waals surface area contributed by atoms with Crippen LogP contribution < -0.4 is 15.0 Å². The van der Waals surface area contributed by atoms with Crippen LogP contribution in [0.25, 0.3) is 10.9 Å². The SMILES string of the molecule is CCOc1cccc2[nH]cc(CCNc3cc(N4CCOCC4)ncn3)c12. The highest BCUT2D eigenvalue weighted by molar-refractivity contribution is 5.89. The summed E-state index contributed by atoms with van der Waals surface area (Å²) in [5, 5.41) is 4.58. The maximum absolute atomic E-state index is 5.79. The summed E-state index contributed by atoms with van der Waals surface area (Å²) in [4.78, 5) is 14.3. The maximum Gasteiger partial charge on any atom is 0.134 e. The van der Waals surface area contributed by atoms with Gasteiger partial charge in [0.25, 0.3) is 0 Å². The van der Waals surface area contributed by atoms with Crippen LogP contribution in [0.3, 0.4) is 0 Å². The molecule has 4 rings (SSSR count). The number of fused-ring (bicyclic) bond motifs is 1. The minimum absolute atomic E-state index is 0.660. The number of rotatable bonds is 7. The lowest BCUT2D eigenvalue weighted by Gasteiger charge is -2.27. The first-order valence-corrected chi connectivity index (χ1v) is 9.45. The van der Waals surface area contributed by atoms with E-state index in [0.29, 0.717) is 6.61 Å². The molecule has 7 heteroatoms. The summed E-state index contributed by atoms with van der Waals surface area (Å²) in [6.45, 7) is 6.68. The van der Waals surface area contributed by atoms with Gasteiger partial charge in [-0.1, -0.05) is 6.07 Å². The van der Waals surface area contributed by atoms with Crippen molar-refractivity contribution in [2.24, 2.45) is 0 Å². The van der Waals surface area contributed by atoms with Gasteiger partial charge in [0.15, 0.2) is 0 Å². The molecule has 0 radical (unpaired) electrons. The molecule has 0 amide bonds. The summed E-state index contributed by atoms with van der Waals surface area (Å²) in [5.41, 5.74) is 2.34. The molecule has 1 aliphatic rings. The molecule has 7 nitrogen and oxygen atoms in total. The average Bonchev–Trinajstić information content (AvgIpc) is 3.13. The minimum atomic E-state index is 0.660. The van der Waals surface area contributed by atoms with Gasteiger partial charge in [0, 0.05) is 42.8 Å². The van der Waals surface area contributed by atoms with E-state index in [1.807, 2.05) is 25.1 Å². The number of nitrogens with one attached hydrogen (secondary N) is 2. The van der Waals surface area contributed by atoms with Crippen molar-refractivity contribution in [1.29, 1.82) is 0 Å². The van der Waals surface area contributed by atoms with E-state index >= 15 is 0 Å². The molecule has 1 fully saturated rings. The van der Waals surface area contributed by atoms with Gasteiger partial charge in [0.2, 0.25) is 0 Å². The van der Waals surface area contributed by atoms with Gasteiger partial charge in [0.1, 0.15) is 23.7 Å². The fourth-order valence-corrected chi connectivity index (χ4v) is 3.43. The summed E-state index contributed by atoms with van der Waals surface area (Å²) in [6, 6.07) is 8.12. The van der Waals surface area contributed by atoms with Crippen LogP contribution in [0, 0.1) is 0 Å². The summed E-state index contributed by atoms with van der Waals surface area (Å²) in [6.07, 6.45) is 4.56. The highest BCUT2D eigenvalue weighted by Gasteiger charge is 2.13. The van der Waals surface area contributed by atoms with Crippen LogP contribution in [0.1, 0.15) is 12.5 Å². The van der Waals surface area contributed by atoms with Crippen molar-refractivity contribution in [2.45, 2.75) is 13.3 Å². The molecule has 0 atom stereocenters. The number of morpholine rings is 1. The van der Waals surface area contributed by atoms with Gasteiger partial charge in [-0.3, -0.25) is 0 Å². The van der Waals surface area contributed by atoms with Crippen LogP contribution in [-0.4, -0.2) is 54.4 Å². The third kappa shape index (κ3) is 3.98. The van der Waals surface area contributed by atoms with E-state index in [1.165, 1.54) is 5.56 Å². The number of ether oxygens (including phenoxy) is 2. The fraction of sp³-hybridized carbons (Fsp3) is 0.400. The molecule has 0 saturated carbocycles. The first kappa shape index (κ1) is 17.6. The molecule has 0 spiro atoms. The average molecular weight is 367 g/mol. The Morgan fingerprint density at radius 3 is 3.00 bits per heavy atom. The number of benzene rings is 1. The normalized spacial score (nSPS) is 14.5. The Morgan fingerprint density at radius 1 is 1.26 bits per heavy atom. The van der Waals surface area contributed by atoms with Crippen molar-refractivity contribution >= 4 is 22.5 Å². The van der Waals surface area contributed by atoms with Crippen LogP contribution in [0.5, 0.6) is 5.75 Å². The predicted molar refractivity (Wildman–Crippen MR) is 107 cm³/mol. The van der Waals surface area contributed by atoms with Crippen molar-refractivity contribution in [3.05, 3.63) is 42.4 Å². The lowest BCUT2D eigenvalue weighted by atomic mass is 10.1. The Bertz CT molecular complexity index is 889. The molecule has 1 saturated heterocycles. The van der Waals surface area contributed by atoms with Crippen LogP contribution in [0.4, 0.5) is 11.6 Å². The third-order valence-electron chi connectivity index (χ3n) is 4.74. The Hall–Kier alpha value is -2.80. The summed E-state index contributed by atoms with van der Waals surface area (Å²) in [7, 11) is 0. The Labute approximate surface area is 158 Å². The highest BCUT2D eigenvalue weighted by atomic mass is 16.5. The molecular weight excluding hydrogens is 342 g/mol. The van der Waals surface area contributed by atoms with Gasteiger partial charge in [-0.05, 0) is 31.0 Å². The molecule has 1 aliphatic heterocycles. The highest BCUT2D eigenvalue weighted by Crippen LogP contribution is 2.29. The molecule has 3 aromatic rings. The largest absolute Gasteiger partial charge is 0.493 e. The zero-order valence-electron chi connectivity index (χ0n) is 15.6. The lowest BCUT2D eigenvalue weighted by molar-refractivity contribution is 0.122. The van der Waals surface area contributed by atoms with Crippen molar-refractivity contribution in [3.8, 4) is 5.75 Å². The van der Waals surface area contributed by atoms with E-state index in [1.54, 1.807) is 6.33 Å². The smallest absolute Gasteiger partial charge is 0.134 e. The number of hydrogen-bond donors (Lipinski definition) is 2. The third-order valence-corrected chi connectivity index (χ3v) is 4.74. The number of aromatic nitrogens is 3. The molecule has 0 unspecified atom stereocenters. The van der Waals surface area contributed by atoms with Gasteiger partial charge in [-0.25, -0.2) is 9.97 Å². The van der Waals surface area contributed by atoms with Crippen molar-refractivity contribution < 1.29 is 9.47 Å². The van der Waals surface area contributed by atoms with Crippen molar-refractivity contribution in [2.75, 3.05) is 49.7 Å². The van der Waals surface area contributed by atoms with Crippen molar-refractivity contribution in [1.82, 2.24) is 15.0 Å². The molecule has 0 bridgehead atoms. The van der Waals surface area contributed by atoms with Gasteiger partial charge < -0.3 is 24.7 Å².